The van der Waals surface area contributed by atoms with E-state index in [4.69, 9.17) is 4.74 Å². The number of nitrogens with one attached hydrogen (secondary N) is 1. The van der Waals surface area contributed by atoms with Crippen molar-refractivity contribution in [3.63, 3.8) is 0 Å². The van der Waals surface area contributed by atoms with E-state index in [1.165, 1.54) is 31.4 Å². The number of ether oxygens (including phenoxy) is 1. The van der Waals surface area contributed by atoms with E-state index in [0.29, 0.717) is 6.04 Å². The molecule has 1 aromatic carbocycles. The van der Waals surface area contributed by atoms with Gasteiger partial charge >= 0.3 is 0 Å². The summed E-state index contributed by atoms with van der Waals surface area (Å²) in [4.78, 5) is 12.6. The minimum atomic E-state index is 0.682. The lowest BCUT2D eigenvalue weighted by Crippen LogP contribution is -2.40. The van der Waals surface area contributed by atoms with Crippen molar-refractivity contribution in [1.82, 2.24) is 14.9 Å². The van der Waals surface area contributed by atoms with Crippen LogP contribution < -0.4 is 10.1 Å². The Morgan fingerprint density at radius 1 is 1.22 bits per heavy atom. The molecule has 6 heteroatoms. The maximum Gasteiger partial charge on any atom is 0.138 e. The molecule has 1 unspecified atom stereocenters. The number of rotatable bonds is 6. The van der Waals surface area contributed by atoms with E-state index >= 15 is 0 Å². The molecule has 3 aromatic rings. The molecule has 1 fully saturated rings. The van der Waals surface area contributed by atoms with Crippen LogP contribution in [0.2, 0.25) is 0 Å². The van der Waals surface area contributed by atoms with E-state index < -0.39 is 0 Å². The van der Waals surface area contributed by atoms with Crippen molar-refractivity contribution in [2.24, 2.45) is 0 Å². The van der Waals surface area contributed by atoms with Crippen LogP contribution in [-0.4, -0.2) is 47.7 Å². The van der Waals surface area contributed by atoms with Gasteiger partial charge in [0.05, 0.1) is 12.5 Å². The summed E-state index contributed by atoms with van der Waals surface area (Å²) in [5, 5.41) is 6.84. The Kier molecular flexibility index (Phi) is 5.55. The van der Waals surface area contributed by atoms with Gasteiger partial charge in [-0.2, -0.15) is 0 Å². The van der Waals surface area contributed by atoms with E-state index in [2.05, 4.69) is 44.6 Å². The molecule has 0 aliphatic carbocycles. The first kappa shape index (κ1) is 18.2. The summed E-state index contributed by atoms with van der Waals surface area (Å²) >= 11 is 1.66. The second-order valence-electron chi connectivity index (χ2n) is 7.09. The summed E-state index contributed by atoms with van der Waals surface area (Å²) in [5.74, 6) is 1.79. The molecule has 1 aliphatic rings. The van der Waals surface area contributed by atoms with E-state index in [9.17, 15) is 0 Å². The first-order chi connectivity index (χ1) is 13.3. The Hall–Kier alpha value is -2.18. The maximum absolute atomic E-state index is 5.28. The average molecular weight is 383 g/mol. The molecule has 5 nitrogen and oxygen atoms in total. The molecule has 0 spiro atoms. The van der Waals surface area contributed by atoms with Gasteiger partial charge in [-0.25, -0.2) is 9.97 Å². The maximum atomic E-state index is 5.28. The molecule has 1 atom stereocenters. The van der Waals surface area contributed by atoms with Gasteiger partial charge in [0.1, 0.15) is 22.7 Å². The number of nitrogens with zero attached hydrogens (tertiary/aromatic N) is 3. The summed E-state index contributed by atoms with van der Waals surface area (Å²) in [5.41, 5.74) is 2.33. The molecule has 3 heterocycles. The van der Waals surface area contributed by atoms with Crippen molar-refractivity contribution >= 4 is 27.4 Å². The number of fused-ring (bicyclic) bond motifs is 1. The Morgan fingerprint density at radius 2 is 2.07 bits per heavy atom. The Balaban J connectivity index is 1.54. The summed E-state index contributed by atoms with van der Waals surface area (Å²) in [6.07, 6.45) is 5.64. The number of aromatic nitrogens is 2. The SMILES string of the molecule is COc1ccc(-c2csc3ncnc(NCCN4CCCCC4C)c23)cc1. The van der Waals surface area contributed by atoms with Crippen LogP contribution in [0, 0.1) is 0 Å². The normalized spacial score (nSPS) is 17.9. The number of likely N-dealkylation sites (tertiary alicyclic amines) is 1. The van der Waals surface area contributed by atoms with Gasteiger partial charge in [-0.3, -0.25) is 4.90 Å². The first-order valence-electron chi connectivity index (χ1n) is 9.61. The lowest BCUT2D eigenvalue weighted by molar-refractivity contribution is 0.167. The monoisotopic (exact) mass is 382 g/mol. The highest BCUT2D eigenvalue weighted by atomic mass is 32.1. The van der Waals surface area contributed by atoms with E-state index in [1.807, 2.05) is 12.1 Å². The Labute approximate surface area is 164 Å². The smallest absolute Gasteiger partial charge is 0.138 e. The van der Waals surface area contributed by atoms with Gasteiger partial charge in [-0.15, -0.1) is 11.3 Å². The molecular formula is C21H26N4OS. The molecule has 142 valence electrons. The second kappa shape index (κ2) is 8.23. The molecular weight excluding hydrogens is 356 g/mol. The number of thiophene rings is 1. The number of piperidine rings is 1. The van der Waals surface area contributed by atoms with E-state index in [-0.39, 0.29) is 0 Å². The highest BCUT2D eigenvalue weighted by Gasteiger charge is 2.18. The van der Waals surface area contributed by atoms with Crippen molar-refractivity contribution in [3.05, 3.63) is 36.0 Å². The van der Waals surface area contributed by atoms with Crippen molar-refractivity contribution < 1.29 is 4.74 Å². The molecule has 1 N–H and O–H groups in total. The summed E-state index contributed by atoms with van der Waals surface area (Å²) in [6, 6.07) is 8.85. The number of methoxy groups -OCH3 is 1. The zero-order chi connectivity index (χ0) is 18.6. The highest BCUT2D eigenvalue weighted by Crippen LogP contribution is 2.36. The second-order valence-corrected chi connectivity index (χ2v) is 7.95. The lowest BCUT2D eigenvalue weighted by atomic mass is 10.0. The third-order valence-corrected chi connectivity index (χ3v) is 6.29. The van der Waals surface area contributed by atoms with E-state index in [1.54, 1.807) is 24.8 Å². The van der Waals surface area contributed by atoms with Crippen molar-refractivity contribution in [3.8, 4) is 16.9 Å². The van der Waals surface area contributed by atoms with Crippen LogP contribution in [0.25, 0.3) is 21.3 Å². The van der Waals surface area contributed by atoms with Crippen LogP contribution in [-0.2, 0) is 0 Å². The third kappa shape index (κ3) is 3.92. The third-order valence-electron chi connectivity index (χ3n) is 5.40. The van der Waals surface area contributed by atoms with Crippen molar-refractivity contribution in [2.75, 3.05) is 32.1 Å². The molecule has 0 bridgehead atoms. The quantitative estimate of drug-likeness (QED) is 0.672. The highest BCUT2D eigenvalue weighted by molar-refractivity contribution is 7.17. The molecule has 4 rings (SSSR count). The van der Waals surface area contributed by atoms with Crippen LogP contribution in [0.4, 0.5) is 5.82 Å². The van der Waals surface area contributed by atoms with Gasteiger partial charge in [-0.1, -0.05) is 18.6 Å². The van der Waals surface area contributed by atoms with Gasteiger partial charge in [0, 0.05) is 30.1 Å². The van der Waals surface area contributed by atoms with Crippen LogP contribution in [0.5, 0.6) is 5.75 Å². The minimum absolute atomic E-state index is 0.682. The first-order valence-corrected chi connectivity index (χ1v) is 10.5. The predicted octanol–water partition coefficient (Wildman–Crippen LogP) is 4.65. The predicted molar refractivity (Wildman–Crippen MR) is 113 cm³/mol. The van der Waals surface area contributed by atoms with Crippen molar-refractivity contribution in [2.45, 2.75) is 32.2 Å². The Morgan fingerprint density at radius 3 is 2.85 bits per heavy atom. The number of anilines is 1. The zero-order valence-electron chi connectivity index (χ0n) is 15.9. The van der Waals surface area contributed by atoms with Crippen LogP contribution in [0.3, 0.4) is 0 Å². The summed E-state index contributed by atoms with van der Waals surface area (Å²) in [6.45, 7) is 5.49. The zero-order valence-corrected chi connectivity index (χ0v) is 16.8. The molecule has 2 aromatic heterocycles. The number of hydrogen-bond donors (Lipinski definition) is 1. The largest absolute Gasteiger partial charge is 0.497 e. The van der Waals surface area contributed by atoms with E-state index in [0.717, 1.165) is 40.4 Å². The summed E-state index contributed by atoms with van der Waals surface area (Å²) in [7, 11) is 1.69. The van der Waals surface area contributed by atoms with Crippen LogP contribution in [0.1, 0.15) is 26.2 Å². The fourth-order valence-electron chi connectivity index (χ4n) is 3.80. The topological polar surface area (TPSA) is 50.3 Å². The van der Waals surface area contributed by atoms with Gasteiger partial charge in [0.25, 0.3) is 0 Å². The number of benzene rings is 1. The summed E-state index contributed by atoms with van der Waals surface area (Å²) < 4.78 is 5.28. The van der Waals surface area contributed by atoms with Crippen LogP contribution >= 0.6 is 11.3 Å². The molecule has 0 amide bonds. The van der Waals surface area contributed by atoms with Crippen molar-refractivity contribution in [1.29, 1.82) is 0 Å². The van der Waals surface area contributed by atoms with Gasteiger partial charge in [0.2, 0.25) is 0 Å². The minimum Gasteiger partial charge on any atom is -0.497 e. The fraction of sp³-hybridized carbons (Fsp3) is 0.429. The molecule has 1 aliphatic heterocycles. The Bertz CT molecular complexity index is 893. The number of hydrogen-bond acceptors (Lipinski definition) is 6. The fourth-order valence-corrected chi connectivity index (χ4v) is 4.72. The van der Waals surface area contributed by atoms with Crippen LogP contribution in [0.15, 0.2) is 36.0 Å². The molecule has 1 saturated heterocycles. The molecule has 0 saturated carbocycles. The van der Waals surface area contributed by atoms with Gasteiger partial charge < -0.3 is 10.1 Å². The molecule has 27 heavy (non-hydrogen) atoms. The average Bonchev–Trinajstić information content (AvgIpc) is 3.14. The van der Waals surface area contributed by atoms with Gasteiger partial charge in [0.15, 0.2) is 0 Å². The lowest BCUT2D eigenvalue weighted by Gasteiger charge is -2.33. The standard InChI is InChI=1S/C21H26N4OS/c1-15-5-3-4-11-25(15)12-10-22-20-19-18(13-27-21(19)24-14-23-20)16-6-8-17(26-2)9-7-16/h6-9,13-15H,3-5,10-12H2,1-2H3,(H,22,23,24). The molecule has 0 radical (unpaired) electrons. The van der Waals surface area contributed by atoms with Gasteiger partial charge in [-0.05, 0) is 44.0 Å².